The SMILES string of the molecule is CC1CCN(c2ccc(NC(=O)Nc3ccc(Br)cc3)cc2C(=O)NC2CC2)CC1. The fourth-order valence-corrected chi connectivity index (χ4v) is 3.90. The lowest BCUT2D eigenvalue weighted by Crippen LogP contribution is -2.35. The minimum atomic E-state index is -0.342. The molecule has 2 aromatic carbocycles. The highest BCUT2D eigenvalue weighted by atomic mass is 79.9. The van der Waals surface area contributed by atoms with Crippen LogP contribution in [0, 0.1) is 5.92 Å². The van der Waals surface area contributed by atoms with Crippen molar-refractivity contribution in [2.45, 2.75) is 38.6 Å². The van der Waals surface area contributed by atoms with Crippen molar-refractivity contribution in [1.82, 2.24) is 5.32 Å². The number of urea groups is 1. The normalized spacial score (nSPS) is 16.8. The Labute approximate surface area is 185 Å². The zero-order valence-corrected chi connectivity index (χ0v) is 18.7. The number of carbonyl (C=O) groups is 2. The molecule has 1 heterocycles. The first-order valence-corrected chi connectivity index (χ1v) is 11.3. The summed E-state index contributed by atoms with van der Waals surface area (Å²) >= 11 is 3.38. The molecule has 0 spiro atoms. The minimum absolute atomic E-state index is 0.0666. The quantitative estimate of drug-likeness (QED) is 0.560. The van der Waals surface area contributed by atoms with Gasteiger partial charge in [-0.1, -0.05) is 22.9 Å². The molecule has 2 aromatic rings. The number of carbonyl (C=O) groups excluding carboxylic acids is 2. The summed E-state index contributed by atoms with van der Waals surface area (Å²) in [4.78, 5) is 27.6. The molecule has 0 bridgehead atoms. The van der Waals surface area contributed by atoms with Crippen molar-refractivity contribution in [3.05, 3.63) is 52.5 Å². The smallest absolute Gasteiger partial charge is 0.323 e. The maximum Gasteiger partial charge on any atom is 0.323 e. The fourth-order valence-electron chi connectivity index (χ4n) is 3.64. The number of hydrogen-bond acceptors (Lipinski definition) is 3. The second-order valence-corrected chi connectivity index (χ2v) is 9.15. The standard InChI is InChI=1S/C23H27BrN4O2/c1-15-10-12-28(13-11-15)21-9-8-19(14-20(21)22(29)25-17-6-7-17)27-23(30)26-18-4-2-16(24)3-5-18/h2-5,8-9,14-15,17H,6-7,10-13H2,1H3,(H,25,29)(H2,26,27,30). The molecule has 0 atom stereocenters. The van der Waals surface area contributed by atoms with Gasteiger partial charge < -0.3 is 20.9 Å². The van der Waals surface area contributed by atoms with Crippen LogP contribution in [0.25, 0.3) is 0 Å². The van der Waals surface area contributed by atoms with Gasteiger partial charge in [0.15, 0.2) is 0 Å². The molecule has 2 fully saturated rings. The van der Waals surface area contributed by atoms with E-state index in [1.165, 1.54) is 0 Å². The van der Waals surface area contributed by atoms with Gasteiger partial charge in [-0.05, 0) is 74.1 Å². The van der Waals surface area contributed by atoms with E-state index in [1.807, 2.05) is 36.4 Å². The van der Waals surface area contributed by atoms with E-state index in [4.69, 9.17) is 0 Å². The average Bonchev–Trinajstić information content (AvgIpc) is 3.54. The molecule has 158 valence electrons. The summed E-state index contributed by atoms with van der Waals surface area (Å²) < 4.78 is 0.947. The Morgan fingerprint density at radius 1 is 0.933 bits per heavy atom. The predicted octanol–water partition coefficient (Wildman–Crippen LogP) is 5.22. The monoisotopic (exact) mass is 470 g/mol. The number of amides is 3. The van der Waals surface area contributed by atoms with Gasteiger partial charge in [-0.15, -0.1) is 0 Å². The second kappa shape index (κ2) is 9.08. The van der Waals surface area contributed by atoms with Gasteiger partial charge in [-0.25, -0.2) is 4.79 Å². The number of nitrogens with zero attached hydrogens (tertiary/aromatic N) is 1. The first kappa shape index (κ1) is 20.7. The number of anilines is 3. The van der Waals surface area contributed by atoms with Crippen LogP contribution in [-0.4, -0.2) is 31.1 Å². The molecule has 0 radical (unpaired) electrons. The molecule has 7 heteroatoms. The van der Waals surface area contributed by atoms with Crippen LogP contribution < -0.4 is 20.9 Å². The summed E-state index contributed by atoms with van der Waals surface area (Å²) in [7, 11) is 0. The van der Waals surface area contributed by atoms with E-state index in [0.717, 1.165) is 48.9 Å². The molecule has 0 aromatic heterocycles. The highest BCUT2D eigenvalue weighted by Crippen LogP contribution is 2.30. The summed E-state index contributed by atoms with van der Waals surface area (Å²) in [5, 5.41) is 8.74. The molecule has 1 saturated heterocycles. The van der Waals surface area contributed by atoms with E-state index >= 15 is 0 Å². The molecule has 0 unspecified atom stereocenters. The Balaban J connectivity index is 1.50. The zero-order valence-electron chi connectivity index (χ0n) is 17.1. The van der Waals surface area contributed by atoms with Gasteiger partial charge in [0.1, 0.15) is 0 Å². The zero-order chi connectivity index (χ0) is 21.1. The van der Waals surface area contributed by atoms with Crippen LogP contribution in [-0.2, 0) is 0 Å². The lowest BCUT2D eigenvalue weighted by Gasteiger charge is -2.33. The van der Waals surface area contributed by atoms with Gasteiger partial charge in [0, 0.05) is 40.7 Å². The van der Waals surface area contributed by atoms with Crippen LogP contribution in [0.1, 0.15) is 43.0 Å². The third-order valence-electron chi connectivity index (χ3n) is 5.64. The van der Waals surface area contributed by atoms with Gasteiger partial charge in [-0.3, -0.25) is 4.79 Å². The molecule has 30 heavy (non-hydrogen) atoms. The van der Waals surface area contributed by atoms with Crippen LogP contribution in [0.4, 0.5) is 21.9 Å². The van der Waals surface area contributed by atoms with Gasteiger partial charge in [0.05, 0.1) is 5.56 Å². The maximum absolute atomic E-state index is 12.9. The Kier molecular flexibility index (Phi) is 6.27. The van der Waals surface area contributed by atoms with E-state index in [1.54, 1.807) is 6.07 Å². The third kappa shape index (κ3) is 5.33. The predicted molar refractivity (Wildman–Crippen MR) is 124 cm³/mol. The molecule has 4 rings (SSSR count). The lowest BCUT2D eigenvalue weighted by molar-refractivity contribution is 0.0951. The topological polar surface area (TPSA) is 73.5 Å². The largest absolute Gasteiger partial charge is 0.371 e. The Bertz CT molecular complexity index is 919. The van der Waals surface area contributed by atoms with Crippen molar-refractivity contribution in [3.8, 4) is 0 Å². The first-order valence-electron chi connectivity index (χ1n) is 10.5. The second-order valence-electron chi connectivity index (χ2n) is 8.24. The number of hydrogen-bond donors (Lipinski definition) is 3. The Hall–Kier alpha value is -2.54. The van der Waals surface area contributed by atoms with E-state index in [9.17, 15) is 9.59 Å². The van der Waals surface area contributed by atoms with Crippen LogP contribution in [0.2, 0.25) is 0 Å². The van der Waals surface area contributed by atoms with E-state index in [0.29, 0.717) is 22.9 Å². The highest BCUT2D eigenvalue weighted by Gasteiger charge is 2.27. The molecule has 6 nitrogen and oxygen atoms in total. The first-order chi connectivity index (χ1) is 14.5. The van der Waals surface area contributed by atoms with Crippen molar-refractivity contribution < 1.29 is 9.59 Å². The van der Waals surface area contributed by atoms with E-state index in [-0.39, 0.29) is 18.0 Å². The third-order valence-corrected chi connectivity index (χ3v) is 6.17. The van der Waals surface area contributed by atoms with Crippen LogP contribution in [0.3, 0.4) is 0 Å². The summed E-state index contributed by atoms with van der Waals surface area (Å²) in [6.07, 6.45) is 4.32. The molecule has 2 aliphatic rings. The Morgan fingerprint density at radius 2 is 1.57 bits per heavy atom. The van der Waals surface area contributed by atoms with Crippen molar-refractivity contribution in [3.63, 3.8) is 0 Å². The summed E-state index contributed by atoms with van der Waals surface area (Å²) in [6.45, 7) is 4.17. The number of rotatable bonds is 5. The fraction of sp³-hybridized carbons (Fsp3) is 0.391. The van der Waals surface area contributed by atoms with Crippen LogP contribution in [0.15, 0.2) is 46.9 Å². The molecular weight excluding hydrogens is 444 g/mol. The summed E-state index contributed by atoms with van der Waals surface area (Å²) in [5.74, 6) is 0.649. The van der Waals surface area contributed by atoms with Crippen LogP contribution in [0.5, 0.6) is 0 Å². The number of piperidine rings is 1. The van der Waals surface area contributed by atoms with Gasteiger partial charge in [-0.2, -0.15) is 0 Å². The molecule has 1 aliphatic heterocycles. The minimum Gasteiger partial charge on any atom is -0.371 e. The number of nitrogens with one attached hydrogen (secondary N) is 3. The number of benzene rings is 2. The van der Waals surface area contributed by atoms with Crippen molar-refractivity contribution >= 4 is 44.9 Å². The highest BCUT2D eigenvalue weighted by molar-refractivity contribution is 9.10. The number of halogens is 1. The molecular formula is C23H27BrN4O2. The van der Waals surface area contributed by atoms with E-state index in [2.05, 4.69) is 43.7 Å². The van der Waals surface area contributed by atoms with Crippen molar-refractivity contribution in [2.24, 2.45) is 5.92 Å². The lowest BCUT2D eigenvalue weighted by atomic mass is 9.98. The average molecular weight is 471 g/mol. The van der Waals surface area contributed by atoms with Crippen molar-refractivity contribution in [1.29, 1.82) is 0 Å². The van der Waals surface area contributed by atoms with Gasteiger partial charge in [0.2, 0.25) is 0 Å². The molecule has 1 aliphatic carbocycles. The Morgan fingerprint density at radius 3 is 2.23 bits per heavy atom. The van der Waals surface area contributed by atoms with Crippen LogP contribution >= 0.6 is 15.9 Å². The van der Waals surface area contributed by atoms with Gasteiger partial charge >= 0.3 is 6.03 Å². The molecule has 3 N–H and O–H groups in total. The maximum atomic E-state index is 12.9. The van der Waals surface area contributed by atoms with E-state index < -0.39 is 0 Å². The summed E-state index contributed by atoms with van der Waals surface area (Å²) in [5.41, 5.74) is 2.86. The van der Waals surface area contributed by atoms with Gasteiger partial charge in [0.25, 0.3) is 5.91 Å². The summed E-state index contributed by atoms with van der Waals surface area (Å²) in [6, 6.07) is 12.9. The van der Waals surface area contributed by atoms with Crippen molar-refractivity contribution in [2.75, 3.05) is 28.6 Å². The molecule has 3 amide bonds. The molecule has 1 saturated carbocycles.